The molecule has 0 aliphatic carbocycles. The smallest absolute Gasteiger partial charge is 0.265 e. The number of rotatable bonds is 9. The van der Waals surface area contributed by atoms with E-state index in [1.807, 2.05) is 38.1 Å². The predicted molar refractivity (Wildman–Crippen MR) is 113 cm³/mol. The summed E-state index contributed by atoms with van der Waals surface area (Å²) in [6.45, 7) is 4.25. The first-order valence-corrected chi connectivity index (χ1v) is 9.37. The van der Waals surface area contributed by atoms with E-state index in [4.69, 9.17) is 20.7 Å². The van der Waals surface area contributed by atoms with Crippen LogP contribution in [0.3, 0.4) is 0 Å². The highest BCUT2D eigenvalue weighted by molar-refractivity contribution is 9.10. The topological polar surface area (TPSA) is 69.2 Å². The minimum Gasteiger partial charge on any atom is -0.490 e. The Morgan fingerprint density at radius 1 is 1.29 bits per heavy atom. The number of carbonyl (C=O) groups is 1. The van der Waals surface area contributed by atoms with Crippen LogP contribution in [-0.2, 0) is 9.63 Å². The van der Waals surface area contributed by atoms with Crippen molar-refractivity contribution in [2.45, 2.75) is 13.8 Å². The number of oxime groups is 1. The van der Waals surface area contributed by atoms with E-state index >= 15 is 0 Å². The molecule has 0 saturated heterocycles. The van der Waals surface area contributed by atoms with Crippen LogP contribution in [0.5, 0.6) is 11.5 Å². The van der Waals surface area contributed by atoms with Crippen LogP contribution in [0.1, 0.15) is 18.1 Å². The van der Waals surface area contributed by atoms with Gasteiger partial charge < -0.3 is 19.6 Å². The molecule has 0 heterocycles. The lowest BCUT2D eigenvalue weighted by molar-refractivity contribution is -0.120. The molecule has 1 amide bonds. The van der Waals surface area contributed by atoms with Crippen LogP contribution in [0.25, 0.3) is 0 Å². The van der Waals surface area contributed by atoms with Crippen molar-refractivity contribution < 1.29 is 19.1 Å². The first kappa shape index (κ1) is 21.3. The van der Waals surface area contributed by atoms with E-state index in [9.17, 15) is 4.79 Å². The lowest BCUT2D eigenvalue weighted by atomic mass is 10.2. The molecular formula is C21H21BrN2O4. The second-order valence-electron chi connectivity index (χ2n) is 5.68. The van der Waals surface area contributed by atoms with Crippen LogP contribution in [0.15, 0.2) is 46.0 Å². The number of hydrogen-bond acceptors (Lipinski definition) is 5. The summed E-state index contributed by atoms with van der Waals surface area (Å²) in [5.41, 5.74) is 2.53. The number of ether oxygens (including phenoxy) is 2. The van der Waals surface area contributed by atoms with Crippen LogP contribution in [0.4, 0.5) is 5.69 Å². The highest BCUT2D eigenvalue weighted by Gasteiger charge is 2.11. The maximum absolute atomic E-state index is 11.9. The van der Waals surface area contributed by atoms with E-state index in [0.29, 0.717) is 33.8 Å². The number of halogens is 1. The molecule has 0 unspecified atom stereocenters. The predicted octanol–water partition coefficient (Wildman–Crippen LogP) is 4.16. The normalized spacial score (nSPS) is 10.4. The van der Waals surface area contributed by atoms with Gasteiger partial charge >= 0.3 is 0 Å². The van der Waals surface area contributed by atoms with Crippen molar-refractivity contribution >= 4 is 33.7 Å². The third kappa shape index (κ3) is 6.63. The molecule has 0 fully saturated rings. The van der Waals surface area contributed by atoms with Crippen LogP contribution in [0, 0.1) is 19.3 Å². The SMILES string of the molecule is C#CCOc1c(Br)cc(C=NOCC(=O)Nc2ccc(C)cc2)cc1OCC. The van der Waals surface area contributed by atoms with E-state index in [1.165, 1.54) is 6.21 Å². The van der Waals surface area contributed by atoms with Crippen molar-refractivity contribution in [1.82, 2.24) is 0 Å². The fraction of sp³-hybridized carbons (Fsp3) is 0.238. The Morgan fingerprint density at radius 2 is 2.04 bits per heavy atom. The van der Waals surface area contributed by atoms with Crippen molar-refractivity contribution in [2.75, 3.05) is 25.1 Å². The molecule has 0 aliphatic rings. The van der Waals surface area contributed by atoms with E-state index in [1.54, 1.807) is 12.1 Å². The highest BCUT2D eigenvalue weighted by Crippen LogP contribution is 2.36. The molecule has 0 aromatic heterocycles. The van der Waals surface area contributed by atoms with Crippen LogP contribution in [-0.4, -0.2) is 31.9 Å². The second kappa shape index (κ2) is 11.0. The van der Waals surface area contributed by atoms with Crippen LogP contribution >= 0.6 is 15.9 Å². The largest absolute Gasteiger partial charge is 0.490 e. The minimum absolute atomic E-state index is 0.130. The van der Waals surface area contributed by atoms with Gasteiger partial charge in [0.25, 0.3) is 5.91 Å². The van der Waals surface area contributed by atoms with Crippen LogP contribution < -0.4 is 14.8 Å². The number of nitrogens with one attached hydrogen (secondary N) is 1. The summed E-state index contributed by atoms with van der Waals surface area (Å²) in [6.07, 6.45) is 6.72. The molecule has 0 atom stereocenters. The lowest BCUT2D eigenvalue weighted by Gasteiger charge is -2.13. The third-order valence-electron chi connectivity index (χ3n) is 3.44. The van der Waals surface area contributed by atoms with Crippen LogP contribution in [0.2, 0.25) is 0 Å². The molecule has 146 valence electrons. The number of amides is 1. The molecule has 6 nitrogen and oxygen atoms in total. The summed E-state index contributed by atoms with van der Waals surface area (Å²) in [5.74, 6) is 3.18. The molecule has 2 aromatic rings. The molecule has 7 heteroatoms. The first-order chi connectivity index (χ1) is 13.5. The maximum atomic E-state index is 11.9. The Bertz CT molecular complexity index is 873. The average Bonchev–Trinajstić information content (AvgIpc) is 2.67. The van der Waals surface area contributed by atoms with Gasteiger partial charge in [0.15, 0.2) is 18.1 Å². The van der Waals surface area contributed by atoms with Gasteiger partial charge in [-0.15, -0.1) is 6.42 Å². The fourth-order valence-corrected chi connectivity index (χ4v) is 2.78. The summed E-state index contributed by atoms with van der Waals surface area (Å²) in [5, 5.41) is 6.57. The molecule has 0 spiro atoms. The zero-order valence-electron chi connectivity index (χ0n) is 15.7. The summed E-state index contributed by atoms with van der Waals surface area (Å²) in [4.78, 5) is 17.0. The van der Waals surface area contributed by atoms with Gasteiger partial charge in [-0.1, -0.05) is 28.8 Å². The number of anilines is 1. The monoisotopic (exact) mass is 444 g/mol. The van der Waals surface area contributed by atoms with Gasteiger partial charge in [-0.05, 0) is 54.0 Å². The van der Waals surface area contributed by atoms with Gasteiger partial charge in [0.1, 0.15) is 6.61 Å². The average molecular weight is 445 g/mol. The molecule has 0 bridgehead atoms. The number of nitrogens with zero attached hydrogens (tertiary/aromatic N) is 1. The Morgan fingerprint density at radius 3 is 2.71 bits per heavy atom. The van der Waals surface area contributed by atoms with Gasteiger partial charge in [-0.2, -0.15) is 0 Å². The molecule has 2 rings (SSSR count). The number of carbonyl (C=O) groups excluding carboxylic acids is 1. The number of terminal acetylenes is 1. The molecule has 28 heavy (non-hydrogen) atoms. The molecule has 1 N–H and O–H groups in total. The Labute approximate surface area is 173 Å². The number of hydrogen-bond donors (Lipinski definition) is 1. The molecule has 2 aromatic carbocycles. The Balaban J connectivity index is 1.94. The van der Waals surface area contributed by atoms with Crippen molar-refractivity contribution in [3.63, 3.8) is 0 Å². The van der Waals surface area contributed by atoms with E-state index in [0.717, 1.165) is 5.56 Å². The van der Waals surface area contributed by atoms with E-state index in [2.05, 4.69) is 32.3 Å². The zero-order chi connectivity index (χ0) is 20.4. The van der Waals surface area contributed by atoms with Gasteiger partial charge in [0, 0.05) is 11.3 Å². The third-order valence-corrected chi connectivity index (χ3v) is 4.03. The van der Waals surface area contributed by atoms with Gasteiger partial charge in [-0.25, -0.2) is 0 Å². The van der Waals surface area contributed by atoms with E-state index in [-0.39, 0.29) is 19.1 Å². The maximum Gasteiger partial charge on any atom is 0.265 e. The summed E-state index contributed by atoms with van der Waals surface area (Å²) in [6, 6.07) is 11.0. The summed E-state index contributed by atoms with van der Waals surface area (Å²) >= 11 is 3.43. The second-order valence-corrected chi connectivity index (χ2v) is 6.53. The van der Waals surface area contributed by atoms with E-state index < -0.39 is 0 Å². The van der Waals surface area contributed by atoms with Gasteiger partial charge in [0.05, 0.1) is 17.3 Å². The van der Waals surface area contributed by atoms with Crippen molar-refractivity contribution in [3.8, 4) is 23.8 Å². The Hall–Kier alpha value is -2.98. The lowest BCUT2D eigenvalue weighted by Crippen LogP contribution is -2.16. The molecule has 0 saturated carbocycles. The molecule has 0 radical (unpaired) electrons. The molecule has 0 aliphatic heterocycles. The standard InChI is InChI=1S/C21H21BrN2O4/c1-4-10-27-21-18(22)11-16(12-19(21)26-5-2)13-23-28-14-20(25)24-17-8-6-15(3)7-9-17/h1,6-9,11-13H,5,10,14H2,2-3H3,(H,24,25). The Kier molecular flexibility index (Phi) is 8.37. The highest BCUT2D eigenvalue weighted by atomic mass is 79.9. The number of benzene rings is 2. The van der Waals surface area contributed by atoms with Gasteiger partial charge in [0.2, 0.25) is 0 Å². The van der Waals surface area contributed by atoms with Crippen molar-refractivity contribution in [2.24, 2.45) is 5.16 Å². The summed E-state index contributed by atoms with van der Waals surface area (Å²) < 4.78 is 11.8. The fourth-order valence-electron chi connectivity index (χ4n) is 2.21. The number of aryl methyl sites for hydroxylation is 1. The molecular weight excluding hydrogens is 424 g/mol. The zero-order valence-corrected chi connectivity index (χ0v) is 17.3. The first-order valence-electron chi connectivity index (χ1n) is 8.58. The van der Waals surface area contributed by atoms with Crippen molar-refractivity contribution in [3.05, 3.63) is 52.0 Å². The summed E-state index contributed by atoms with van der Waals surface area (Å²) in [7, 11) is 0. The minimum atomic E-state index is -0.296. The quantitative estimate of drug-likeness (QED) is 0.358. The van der Waals surface area contributed by atoms with Crippen molar-refractivity contribution in [1.29, 1.82) is 0 Å². The van der Waals surface area contributed by atoms with Gasteiger partial charge in [-0.3, -0.25) is 4.79 Å².